The van der Waals surface area contributed by atoms with Crippen LogP contribution < -0.4 is 5.32 Å². The number of nitrogens with zero attached hydrogens (tertiary/aromatic N) is 2. The third-order valence-corrected chi connectivity index (χ3v) is 5.81. The molecule has 1 amide bonds. The molecule has 2 atom stereocenters. The van der Waals surface area contributed by atoms with Gasteiger partial charge in [0, 0.05) is 26.4 Å². The fourth-order valence-corrected chi connectivity index (χ4v) is 3.56. The lowest BCUT2D eigenvalue weighted by molar-refractivity contribution is 0.0895. The van der Waals surface area contributed by atoms with Crippen molar-refractivity contribution >= 4 is 15.9 Å². The molecular weight excluding hydrogens is 322 g/mol. The number of carbonyl (C=O) groups is 1. The SMILES string of the molecule is CCc1nc(C)c(C(=O)N[C@@H]2COC[C@H]2CS(=O)(=O)N(C)C)o1. The van der Waals surface area contributed by atoms with Gasteiger partial charge >= 0.3 is 0 Å². The van der Waals surface area contributed by atoms with Gasteiger partial charge in [0.1, 0.15) is 0 Å². The Hall–Kier alpha value is -1.45. The lowest BCUT2D eigenvalue weighted by atomic mass is 10.1. The van der Waals surface area contributed by atoms with Gasteiger partial charge in [-0.15, -0.1) is 0 Å². The predicted octanol–water partition coefficient (Wildman–Crippen LogP) is 0.182. The van der Waals surface area contributed by atoms with Crippen molar-refractivity contribution in [1.29, 1.82) is 0 Å². The average Bonchev–Trinajstić information content (AvgIpc) is 3.05. The Morgan fingerprint density at radius 1 is 1.39 bits per heavy atom. The van der Waals surface area contributed by atoms with Crippen LogP contribution in [0.1, 0.15) is 29.1 Å². The second-order valence-corrected chi connectivity index (χ2v) is 8.04. The van der Waals surface area contributed by atoms with E-state index >= 15 is 0 Å². The summed E-state index contributed by atoms with van der Waals surface area (Å²) >= 11 is 0. The summed E-state index contributed by atoms with van der Waals surface area (Å²) in [6.07, 6.45) is 0.602. The highest BCUT2D eigenvalue weighted by Crippen LogP contribution is 2.19. The summed E-state index contributed by atoms with van der Waals surface area (Å²) in [5.41, 5.74) is 0.524. The Bertz CT molecular complexity index is 668. The maximum absolute atomic E-state index is 12.3. The zero-order valence-electron chi connectivity index (χ0n) is 13.8. The highest BCUT2D eigenvalue weighted by Gasteiger charge is 2.35. The molecule has 0 saturated carbocycles. The molecule has 1 fully saturated rings. The third-order valence-electron chi connectivity index (χ3n) is 3.85. The van der Waals surface area contributed by atoms with Gasteiger partial charge < -0.3 is 14.5 Å². The molecule has 1 aliphatic heterocycles. The van der Waals surface area contributed by atoms with Crippen molar-refractivity contribution in [3.05, 3.63) is 17.3 Å². The molecule has 2 heterocycles. The van der Waals surface area contributed by atoms with Crippen LogP contribution in [0.25, 0.3) is 0 Å². The molecular formula is C14H23N3O5S. The Balaban J connectivity index is 2.06. The van der Waals surface area contributed by atoms with Crippen molar-refractivity contribution in [2.45, 2.75) is 26.3 Å². The first-order chi connectivity index (χ1) is 10.7. The average molecular weight is 345 g/mol. The minimum Gasteiger partial charge on any atom is -0.435 e. The van der Waals surface area contributed by atoms with Crippen LogP contribution in [-0.4, -0.2) is 62.7 Å². The zero-order valence-corrected chi connectivity index (χ0v) is 14.6. The van der Waals surface area contributed by atoms with Crippen LogP contribution in [0.3, 0.4) is 0 Å². The lowest BCUT2D eigenvalue weighted by Gasteiger charge is -2.20. The standard InChI is InChI=1S/C14H23N3O5S/c1-5-12-15-9(2)13(22-12)14(18)16-11-7-21-6-10(11)8-23(19,20)17(3)4/h10-11H,5-8H2,1-4H3,(H,16,18)/t10-,11+/m0/s1. The summed E-state index contributed by atoms with van der Waals surface area (Å²) in [5, 5.41) is 2.80. The van der Waals surface area contributed by atoms with Crippen molar-refractivity contribution in [1.82, 2.24) is 14.6 Å². The van der Waals surface area contributed by atoms with Crippen molar-refractivity contribution < 1.29 is 22.4 Å². The van der Waals surface area contributed by atoms with Crippen LogP contribution in [0, 0.1) is 12.8 Å². The first-order valence-electron chi connectivity index (χ1n) is 7.49. The van der Waals surface area contributed by atoms with E-state index in [1.807, 2.05) is 6.92 Å². The highest BCUT2D eigenvalue weighted by atomic mass is 32.2. The number of carbonyl (C=O) groups excluding carboxylic acids is 1. The van der Waals surface area contributed by atoms with Gasteiger partial charge in [-0.2, -0.15) is 0 Å². The molecule has 0 aromatic carbocycles. The molecule has 0 aliphatic carbocycles. The Kier molecular flexibility index (Phi) is 5.43. The molecule has 1 aromatic rings. The van der Waals surface area contributed by atoms with E-state index in [1.54, 1.807) is 6.92 Å². The van der Waals surface area contributed by atoms with E-state index in [0.29, 0.717) is 24.6 Å². The number of sulfonamides is 1. The van der Waals surface area contributed by atoms with Crippen LogP contribution in [0.2, 0.25) is 0 Å². The molecule has 0 radical (unpaired) electrons. The summed E-state index contributed by atoms with van der Waals surface area (Å²) in [6.45, 7) is 4.18. The number of ether oxygens (including phenoxy) is 1. The van der Waals surface area contributed by atoms with Crippen LogP contribution in [0.15, 0.2) is 4.42 Å². The number of rotatable bonds is 6. The number of aromatic nitrogens is 1. The highest BCUT2D eigenvalue weighted by molar-refractivity contribution is 7.89. The number of hydrogen-bond donors (Lipinski definition) is 1. The van der Waals surface area contributed by atoms with Gasteiger partial charge in [0.15, 0.2) is 5.89 Å². The minimum atomic E-state index is -3.36. The number of amides is 1. The first kappa shape index (κ1) is 17.9. The quantitative estimate of drug-likeness (QED) is 0.789. The number of nitrogens with one attached hydrogen (secondary N) is 1. The maximum atomic E-state index is 12.3. The van der Waals surface area contributed by atoms with Gasteiger partial charge in [0.25, 0.3) is 5.91 Å². The lowest BCUT2D eigenvalue weighted by Crippen LogP contribution is -2.43. The molecule has 0 bridgehead atoms. The minimum absolute atomic E-state index is 0.0689. The largest absolute Gasteiger partial charge is 0.435 e. The molecule has 23 heavy (non-hydrogen) atoms. The van der Waals surface area contributed by atoms with Gasteiger partial charge in [0.2, 0.25) is 15.8 Å². The second kappa shape index (κ2) is 6.98. The number of oxazole rings is 1. The molecule has 8 nitrogen and oxygen atoms in total. The molecule has 9 heteroatoms. The molecule has 0 spiro atoms. The first-order valence-corrected chi connectivity index (χ1v) is 9.10. The predicted molar refractivity (Wildman–Crippen MR) is 83.7 cm³/mol. The molecule has 0 unspecified atom stereocenters. The van der Waals surface area contributed by atoms with Crippen LogP contribution in [-0.2, 0) is 21.2 Å². The summed E-state index contributed by atoms with van der Waals surface area (Å²) in [7, 11) is -0.379. The van der Waals surface area contributed by atoms with Gasteiger partial charge in [-0.1, -0.05) is 6.92 Å². The summed E-state index contributed by atoms with van der Waals surface area (Å²) < 4.78 is 36.0. The van der Waals surface area contributed by atoms with Crippen LogP contribution >= 0.6 is 0 Å². The molecule has 1 N–H and O–H groups in total. The van der Waals surface area contributed by atoms with E-state index in [-0.39, 0.29) is 30.1 Å². The summed E-state index contributed by atoms with van der Waals surface area (Å²) in [5.74, 6) is -0.0803. The van der Waals surface area contributed by atoms with Gasteiger partial charge in [-0.3, -0.25) is 4.79 Å². The van der Waals surface area contributed by atoms with E-state index in [9.17, 15) is 13.2 Å². The molecule has 1 aromatic heterocycles. The second-order valence-electron chi connectivity index (χ2n) is 5.81. The maximum Gasteiger partial charge on any atom is 0.289 e. The van der Waals surface area contributed by atoms with E-state index in [1.165, 1.54) is 18.4 Å². The van der Waals surface area contributed by atoms with Gasteiger partial charge in [0.05, 0.1) is 30.7 Å². The normalized spacial score (nSPS) is 21.8. The molecule has 1 aliphatic rings. The summed E-state index contributed by atoms with van der Waals surface area (Å²) in [6, 6.07) is -0.369. The monoisotopic (exact) mass is 345 g/mol. The van der Waals surface area contributed by atoms with Crippen molar-refractivity contribution in [2.24, 2.45) is 5.92 Å². The topological polar surface area (TPSA) is 102 Å². The Morgan fingerprint density at radius 2 is 2.09 bits per heavy atom. The smallest absolute Gasteiger partial charge is 0.289 e. The van der Waals surface area contributed by atoms with Crippen molar-refractivity contribution in [3.63, 3.8) is 0 Å². The number of hydrogen-bond acceptors (Lipinski definition) is 6. The van der Waals surface area contributed by atoms with E-state index < -0.39 is 15.9 Å². The zero-order chi connectivity index (χ0) is 17.2. The Labute approximate surface area is 136 Å². The molecule has 2 rings (SSSR count). The summed E-state index contributed by atoms with van der Waals surface area (Å²) in [4.78, 5) is 16.5. The van der Waals surface area contributed by atoms with E-state index in [2.05, 4.69) is 10.3 Å². The fourth-order valence-electron chi connectivity index (χ4n) is 2.39. The molecule has 130 valence electrons. The fraction of sp³-hybridized carbons (Fsp3) is 0.714. The van der Waals surface area contributed by atoms with Crippen LogP contribution in [0.4, 0.5) is 0 Å². The van der Waals surface area contributed by atoms with E-state index in [4.69, 9.17) is 9.15 Å². The number of aryl methyl sites for hydroxylation is 2. The molecule has 1 saturated heterocycles. The Morgan fingerprint density at radius 3 is 2.65 bits per heavy atom. The van der Waals surface area contributed by atoms with Crippen LogP contribution in [0.5, 0.6) is 0 Å². The van der Waals surface area contributed by atoms with Gasteiger partial charge in [-0.25, -0.2) is 17.7 Å². The third kappa shape index (κ3) is 4.10. The van der Waals surface area contributed by atoms with E-state index in [0.717, 1.165) is 0 Å². The van der Waals surface area contributed by atoms with Crippen molar-refractivity contribution in [2.75, 3.05) is 33.1 Å². The van der Waals surface area contributed by atoms with Crippen molar-refractivity contribution in [3.8, 4) is 0 Å². The van der Waals surface area contributed by atoms with Gasteiger partial charge in [-0.05, 0) is 6.92 Å².